The van der Waals surface area contributed by atoms with E-state index in [1.54, 1.807) is 0 Å². The van der Waals surface area contributed by atoms with Crippen LogP contribution in [0, 0.1) is 0 Å². The molecule has 14 heteroatoms. The molecule has 0 heterocycles. The standard InChI is InChI=1S/C14H16F6N2O6/c1-5(23)27-9-3-7(21-11(25)13(15,16)17)8(4-10(9)28-6(2)24)22-12(26)14(18,19)20/h7-10H,3-4H2,1-2H3,(H,21,25)(H,22,26)/t7-,8+,9-,10+. The first-order valence-electron chi connectivity index (χ1n) is 7.71. The minimum absolute atomic E-state index is 0.637. The van der Waals surface area contributed by atoms with E-state index < -0.39 is 73.2 Å². The molecule has 1 rings (SSSR count). The van der Waals surface area contributed by atoms with Crippen LogP contribution in [0.2, 0.25) is 0 Å². The van der Waals surface area contributed by atoms with Crippen molar-refractivity contribution in [1.82, 2.24) is 10.6 Å². The van der Waals surface area contributed by atoms with Gasteiger partial charge in [-0.25, -0.2) is 0 Å². The molecule has 1 saturated carbocycles. The molecule has 0 radical (unpaired) electrons. The fourth-order valence-electron chi connectivity index (χ4n) is 2.63. The number of nitrogens with one attached hydrogen (secondary N) is 2. The van der Waals surface area contributed by atoms with Gasteiger partial charge in [0.1, 0.15) is 12.2 Å². The summed E-state index contributed by atoms with van der Waals surface area (Å²) in [7, 11) is 0. The predicted octanol–water partition coefficient (Wildman–Crippen LogP) is 0.738. The van der Waals surface area contributed by atoms with Gasteiger partial charge in [-0.05, 0) is 0 Å². The topological polar surface area (TPSA) is 111 Å². The average molecular weight is 422 g/mol. The van der Waals surface area contributed by atoms with Crippen LogP contribution in [0.15, 0.2) is 0 Å². The molecule has 1 aliphatic rings. The molecule has 28 heavy (non-hydrogen) atoms. The lowest BCUT2D eigenvalue weighted by Gasteiger charge is -2.40. The first kappa shape index (κ1) is 23.5. The van der Waals surface area contributed by atoms with Crippen molar-refractivity contribution in [3.8, 4) is 0 Å². The number of carbonyl (C=O) groups is 4. The Morgan fingerprint density at radius 1 is 0.714 bits per heavy atom. The number of amides is 2. The van der Waals surface area contributed by atoms with Crippen LogP contribution in [0.25, 0.3) is 0 Å². The normalized spacial score (nSPS) is 25.4. The molecule has 0 saturated heterocycles. The molecular weight excluding hydrogens is 406 g/mol. The molecule has 0 bridgehead atoms. The SMILES string of the molecule is CC(=O)O[C@H]1C[C@H](NC(=O)C(F)(F)F)[C@H](NC(=O)C(F)(F)F)C[C@H]1OC(C)=O. The van der Waals surface area contributed by atoms with E-state index in [-0.39, 0.29) is 0 Å². The summed E-state index contributed by atoms with van der Waals surface area (Å²) in [5.41, 5.74) is 0. The van der Waals surface area contributed by atoms with E-state index in [1.807, 2.05) is 0 Å². The maximum absolute atomic E-state index is 12.5. The van der Waals surface area contributed by atoms with E-state index in [4.69, 9.17) is 9.47 Å². The molecule has 8 nitrogen and oxygen atoms in total. The summed E-state index contributed by atoms with van der Waals surface area (Å²) in [6, 6.07) is -3.37. The number of hydrogen-bond donors (Lipinski definition) is 2. The van der Waals surface area contributed by atoms with Crippen LogP contribution < -0.4 is 10.6 Å². The van der Waals surface area contributed by atoms with Gasteiger partial charge in [-0.3, -0.25) is 19.2 Å². The van der Waals surface area contributed by atoms with Gasteiger partial charge in [-0.1, -0.05) is 0 Å². The first-order valence-corrected chi connectivity index (χ1v) is 7.71. The second-order valence-corrected chi connectivity index (χ2v) is 5.92. The highest BCUT2D eigenvalue weighted by Crippen LogP contribution is 2.28. The predicted molar refractivity (Wildman–Crippen MR) is 76.3 cm³/mol. The summed E-state index contributed by atoms with van der Waals surface area (Å²) in [4.78, 5) is 44.7. The number of ether oxygens (including phenoxy) is 2. The molecule has 4 atom stereocenters. The molecule has 0 spiro atoms. The number of halogens is 6. The second-order valence-electron chi connectivity index (χ2n) is 5.92. The van der Waals surface area contributed by atoms with Crippen molar-refractivity contribution in [2.24, 2.45) is 0 Å². The minimum Gasteiger partial charge on any atom is -0.459 e. The number of hydrogen-bond acceptors (Lipinski definition) is 6. The Hall–Kier alpha value is -2.54. The van der Waals surface area contributed by atoms with Crippen molar-refractivity contribution in [3.05, 3.63) is 0 Å². The molecule has 0 aliphatic heterocycles. The minimum atomic E-state index is -5.34. The Morgan fingerprint density at radius 2 is 1.00 bits per heavy atom. The second kappa shape index (κ2) is 8.65. The summed E-state index contributed by atoms with van der Waals surface area (Å²) in [6.45, 7) is 1.90. The lowest BCUT2D eigenvalue weighted by molar-refractivity contribution is -0.182. The van der Waals surface area contributed by atoms with Gasteiger partial charge in [0.2, 0.25) is 0 Å². The molecule has 1 aliphatic carbocycles. The Labute approximate surface area is 153 Å². The molecule has 160 valence electrons. The molecule has 1 fully saturated rings. The zero-order valence-corrected chi connectivity index (χ0v) is 14.4. The van der Waals surface area contributed by atoms with Crippen LogP contribution in [-0.2, 0) is 28.7 Å². The van der Waals surface area contributed by atoms with Gasteiger partial charge in [0.25, 0.3) is 0 Å². The Kier molecular flexibility index (Phi) is 7.26. The van der Waals surface area contributed by atoms with Gasteiger partial charge < -0.3 is 20.1 Å². The van der Waals surface area contributed by atoms with Crippen molar-refractivity contribution in [2.75, 3.05) is 0 Å². The van der Waals surface area contributed by atoms with Crippen molar-refractivity contribution in [2.45, 2.75) is 63.3 Å². The highest BCUT2D eigenvalue weighted by Gasteiger charge is 2.48. The van der Waals surface area contributed by atoms with E-state index in [9.17, 15) is 45.5 Å². The average Bonchev–Trinajstić information content (AvgIpc) is 2.48. The molecule has 0 unspecified atom stereocenters. The van der Waals surface area contributed by atoms with Crippen LogP contribution in [0.5, 0.6) is 0 Å². The first-order chi connectivity index (χ1) is 12.6. The van der Waals surface area contributed by atoms with Gasteiger partial charge in [0, 0.05) is 26.7 Å². The third-order valence-corrected chi connectivity index (χ3v) is 3.66. The van der Waals surface area contributed by atoms with Gasteiger partial charge in [0.15, 0.2) is 0 Å². The van der Waals surface area contributed by atoms with Crippen LogP contribution in [0.3, 0.4) is 0 Å². The maximum atomic E-state index is 12.5. The summed E-state index contributed by atoms with van der Waals surface area (Å²) < 4.78 is 84.7. The number of carbonyl (C=O) groups excluding carboxylic acids is 4. The van der Waals surface area contributed by atoms with Crippen LogP contribution in [-0.4, -0.2) is 60.4 Å². The lowest BCUT2D eigenvalue weighted by atomic mass is 9.85. The van der Waals surface area contributed by atoms with Gasteiger partial charge in [-0.2, -0.15) is 26.3 Å². The smallest absolute Gasteiger partial charge is 0.459 e. The maximum Gasteiger partial charge on any atom is 0.471 e. The summed E-state index contributed by atoms with van der Waals surface area (Å²) in [5.74, 6) is -6.73. The third kappa shape index (κ3) is 6.88. The third-order valence-electron chi connectivity index (χ3n) is 3.66. The van der Waals surface area contributed by atoms with E-state index in [1.165, 1.54) is 10.6 Å². The monoisotopic (exact) mass is 422 g/mol. The van der Waals surface area contributed by atoms with E-state index in [2.05, 4.69) is 0 Å². The van der Waals surface area contributed by atoms with Crippen LogP contribution >= 0.6 is 0 Å². The van der Waals surface area contributed by atoms with E-state index in [0.29, 0.717) is 0 Å². The Balaban J connectivity index is 3.13. The largest absolute Gasteiger partial charge is 0.471 e. The quantitative estimate of drug-likeness (QED) is 0.511. The van der Waals surface area contributed by atoms with Crippen LogP contribution in [0.1, 0.15) is 26.7 Å². The molecule has 0 aromatic rings. The molecule has 2 amide bonds. The van der Waals surface area contributed by atoms with Gasteiger partial charge in [-0.15, -0.1) is 0 Å². The Bertz CT molecular complexity index is 581. The van der Waals surface area contributed by atoms with E-state index >= 15 is 0 Å². The highest BCUT2D eigenvalue weighted by atomic mass is 19.4. The molecule has 0 aromatic carbocycles. The zero-order valence-electron chi connectivity index (χ0n) is 14.4. The molecular formula is C14H16F6N2O6. The summed E-state index contributed by atoms with van der Waals surface area (Å²) >= 11 is 0. The van der Waals surface area contributed by atoms with Crippen molar-refractivity contribution < 1.29 is 55.0 Å². The van der Waals surface area contributed by atoms with Gasteiger partial charge in [0.05, 0.1) is 12.1 Å². The van der Waals surface area contributed by atoms with Crippen molar-refractivity contribution in [3.63, 3.8) is 0 Å². The summed E-state index contributed by atoms with van der Waals surface area (Å²) in [6.07, 6.45) is -14.7. The number of alkyl halides is 6. The highest BCUT2D eigenvalue weighted by molar-refractivity contribution is 5.83. The number of esters is 2. The molecule has 2 N–H and O–H groups in total. The lowest BCUT2D eigenvalue weighted by Crippen LogP contribution is -2.62. The summed E-state index contributed by atoms with van der Waals surface area (Å²) in [5, 5.41) is 2.93. The fourth-order valence-corrected chi connectivity index (χ4v) is 2.63. The molecule has 0 aromatic heterocycles. The Morgan fingerprint density at radius 3 is 1.21 bits per heavy atom. The number of rotatable bonds is 4. The van der Waals surface area contributed by atoms with E-state index in [0.717, 1.165) is 13.8 Å². The fraction of sp³-hybridized carbons (Fsp3) is 0.714. The zero-order chi connectivity index (χ0) is 21.9. The van der Waals surface area contributed by atoms with Crippen LogP contribution in [0.4, 0.5) is 26.3 Å². The van der Waals surface area contributed by atoms with Crippen molar-refractivity contribution >= 4 is 23.8 Å². The van der Waals surface area contributed by atoms with Crippen molar-refractivity contribution in [1.29, 1.82) is 0 Å². The van der Waals surface area contributed by atoms with Gasteiger partial charge >= 0.3 is 36.1 Å².